The van der Waals surface area contributed by atoms with Crippen molar-refractivity contribution < 1.29 is 24.2 Å². The van der Waals surface area contributed by atoms with Gasteiger partial charge in [-0.1, -0.05) is 19.1 Å². The Morgan fingerprint density at radius 2 is 2.00 bits per heavy atom. The average Bonchev–Trinajstić information content (AvgIpc) is 2.35. The zero-order chi connectivity index (χ0) is 12.8. The summed E-state index contributed by atoms with van der Waals surface area (Å²) in [5.41, 5.74) is 0.217. The lowest BCUT2D eigenvalue weighted by atomic mass is 10.2. The van der Waals surface area contributed by atoms with Crippen LogP contribution in [0.3, 0.4) is 0 Å². The van der Waals surface area contributed by atoms with E-state index in [0.29, 0.717) is 5.75 Å². The Labute approximate surface area is 99.0 Å². The van der Waals surface area contributed by atoms with E-state index in [4.69, 9.17) is 14.6 Å². The molecule has 1 aromatic carbocycles. The molecule has 5 heteroatoms. The Balaban J connectivity index is 2.86. The maximum Gasteiger partial charge on any atom is 0.345 e. The average molecular weight is 238 g/mol. The van der Waals surface area contributed by atoms with Crippen LogP contribution in [0.25, 0.3) is 0 Å². The van der Waals surface area contributed by atoms with E-state index in [0.717, 1.165) is 0 Å². The highest BCUT2D eigenvalue weighted by Gasteiger charge is 2.22. The van der Waals surface area contributed by atoms with Crippen molar-refractivity contribution >= 4 is 11.9 Å². The van der Waals surface area contributed by atoms with Gasteiger partial charge in [-0.15, -0.1) is 0 Å². The minimum atomic E-state index is -1.16. The van der Waals surface area contributed by atoms with Gasteiger partial charge in [0.25, 0.3) is 0 Å². The quantitative estimate of drug-likeness (QED) is 0.790. The molecule has 0 fully saturated rings. The second-order valence-electron chi connectivity index (χ2n) is 3.34. The molecule has 1 atom stereocenters. The van der Waals surface area contributed by atoms with Gasteiger partial charge in [0.15, 0.2) is 6.10 Å². The number of methoxy groups -OCH3 is 1. The number of ether oxygens (including phenoxy) is 2. The first-order chi connectivity index (χ1) is 8.10. The summed E-state index contributed by atoms with van der Waals surface area (Å²) in [6, 6.07) is 6.50. The molecule has 0 bridgehead atoms. The first-order valence-electron chi connectivity index (χ1n) is 5.17. The van der Waals surface area contributed by atoms with Crippen LogP contribution in [0.1, 0.15) is 23.7 Å². The third-order valence-corrected chi connectivity index (χ3v) is 2.22. The van der Waals surface area contributed by atoms with Crippen molar-refractivity contribution in [3.05, 3.63) is 29.8 Å². The molecule has 1 aromatic rings. The molecular weight excluding hydrogens is 224 g/mol. The van der Waals surface area contributed by atoms with Crippen LogP contribution < -0.4 is 4.74 Å². The van der Waals surface area contributed by atoms with Crippen molar-refractivity contribution in [2.24, 2.45) is 0 Å². The van der Waals surface area contributed by atoms with Crippen LogP contribution in [0.5, 0.6) is 5.75 Å². The number of carboxylic acids is 1. The van der Waals surface area contributed by atoms with Crippen molar-refractivity contribution in [3.63, 3.8) is 0 Å². The Hall–Kier alpha value is -2.04. The van der Waals surface area contributed by atoms with Gasteiger partial charge in [0.1, 0.15) is 11.3 Å². The van der Waals surface area contributed by atoms with Gasteiger partial charge in [0.05, 0.1) is 7.11 Å². The van der Waals surface area contributed by atoms with Crippen molar-refractivity contribution in [3.8, 4) is 5.75 Å². The van der Waals surface area contributed by atoms with Gasteiger partial charge in [-0.25, -0.2) is 9.59 Å². The fourth-order valence-electron chi connectivity index (χ4n) is 1.31. The van der Waals surface area contributed by atoms with E-state index in [2.05, 4.69) is 0 Å². The number of benzene rings is 1. The number of aliphatic carboxylic acids is 1. The SMILES string of the molecule is CCC(OC(=O)c1ccccc1OC)C(=O)O. The highest BCUT2D eigenvalue weighted by Crippen LogP contribution is 2.19. The van der Waals surface area contributed by atoms with Gasteiger partial charge in [-0.2, -0.15) is 0 Å². The largest absolute Gasteiger partial charge is 0.496 e. The predicted molar refractivity (Wildman–Crippen MR) is 60.1 cm³/mol. The molecule has 92 valence electrons. The number of carbonyl (C=O) groups is 2. The van der Waals surface area contributed by atoms with E-state index in [-0.39, 0.29) is 12.0 Å². The summed E-state index contributed by atoms with van der Waals surface area (Å²) in [4.78, 5) is 22.5. The maximum atomic E-state index is 11.7. The summed E-state index contributed by atoms with van der Waals surface area (Å²) in [6.07, 6.45) is -0.914. The van der Waals surface area contributed by atoms with E-state index in [1.54, 1.807) is 25.1 Å². The van der Waals surface area contributed by atoms with Crippen LogP contribution in [0, 0.1) is 0 Å². The predicted octanol–water partition coefficient (Wildman–Crippen LogP) is 1.72. The molecule has 17 heavy (non-hydrogen) atoms. The summed E-state index contributed by atoms with van der Waals surface area (Å²) in [7, 11) is 1.43. The monoisotopic (exact) mass is 238 g/mol. The maximum absolute atomic E-state index is 11.7. The van der Waals surface area contributed by atoms with Crippen molar-refractivity contribution in [2.75, 3.05) is 7.11 Å². The smallest absolute Gasteiger partial charge is 0.345 e. The number of esters is 1. The Kier molecular flexibility index (Phi) is 4.51. The highest BCUT2D eigenvalue weighted by molar-refractivity contribution is 5.93. The lowest BCUT2D eigenvalue weighted by Crippen LogP contribution is -2.26. The molecule has 5 nitrogen and oxygen atoms in total. The van der Waals surface area contributed by atoms with Crippen LogP contribution in [0.4, 0.5) is 0 Å². The zero-order valence-corrected chi connectivity index (χ0v) is 9.67. The standard InChI is InChI=1S/C12H14O5/c1-3-9(11(13)14)17-12(15)8-6-4-5-7-10(8)16-2/h4-7,9H,3H2,1-2H3,(H,13,14). The number of rotatable bonds is 5. The number of para-hydroxylation sites is 1. The van der Waals surface area contributed by atoms with Crippen molar-refractivity contribution in [1.82, 2.24) is 0 Å². The first-order valence-corrected chi connectivity index (χ1v) is 5.17. The van der Waals surface area contributed by atoms with Gasteiger partial charge >= 0.3 is 11.9 Å². The molecular formula is C12H14O5. The normalized spacial score (nSPS) is 11.6. The van der Waals surface area contributed by atoms with E-state index >= 15 is 0 Å². The number of hydrogen-bond donors (Lipinski definition) is 1. The van der Waals surface area contributed by atoms with Gasteiger partial charge < -0.3 is 14.6 Å². The first kappa shape index (κ1) is 13.0. The second-order valence-corrected chi connectivity index (χ2v) is 3.34. The van der Waals surface area contributed by atoms with Gasteiger partial charge in [0.2, 0.25) is 0 Å². The summed E-state index contributed by atoms with van der Waals surface area (Å²) >= 11 is 0. The molecule has 1 rings (SSSR count). The number of hydrogen-bond acceptors (Lipinski definition) is 4. The van der Waals surface area contributed by atoms with Crippen molar-refractivity contribution in [1.29, 1.82) is 0 Å². The van der Waals surface area contributed by atoms with E-state index in [9.17, 15) is 9.59 Å². The fraction of sp³-hybridized carbons (Fsp3) is 0.333. The molecule has 0 heterocycles. The molecule has 1 N–H and O–H groups in total. The highest BCUT2D eigenvalue weighted by atomic mass is 16.6. The van der Waals surface area contributed by atoms with E-state index < -0.39 is 18.0 Å². The zero-order valence-electron chi connectivity index (χ0n) is 9.67. The lowest BCUT2D eigenvalue weighted by molar-refractivity contribution is -0.147. The molecule has 0 aliphatic carbocycles. The summed E-state index contributed by atoms with van der Waals surface area (Å²) in [6.45, 7) is 1.63. The lowest BCUT2D eigenvalue weighted by Gasteiger charge is -2.13. The van der Waals surface area contributed by atoms with Gasteiger partial charge in [-0.3, -0.25) is 0 Å². The fourth-order valence-corrected chi connectivity index (χ4v) is 1.31. The number of carbonyl (C=O) groups excluding carboxylic acids is 1. The van der Waals surface area contributed by atoms with Crippen LogP contribution in [-0.2, 0) is 9.53 Å². The Morgan fingerprint density at radius 1 is 1.35 bits per heavy atom. The van der Waals surface area contributed by atoms with Gasteiger partial charge in [-0.05, 0) is 18.6 Å². The van der Waals surface area contributed by atoms with E-state index in [1.807, 2.05) is 0 Å². The molecule has 0 saturated heterocycles. The molecule has 0 radical (unpaired) electrons. The molecule has 1 unspecified atom stereocenters. The van der Waals surface area contributed by atoms with Crippen molar-refractivity contribution in [2.45, 2.75) is 19.4 Å². The minimum absolute atomic E-state index is 0.217. The topological polar surface area (TPSA) is 72.8 Å². The number of carboxylic acid groups (broad SMARTS) is 1. The third-order valence-electron chi connectivity index (χ3n) is 2.22. The van der Waals surface area contributed by atoms with Crippen LogP contribution in [0.2, 0.25) is 0 Å². The molecule has 0 spiro atoms. The molecule has 0 amide bonds. The summed E-state index contributed by atoms with van der Waals surface area (Å²) in [5, 5.41) is 8.79. The van der Waals surface area contributed by atoms with Gasteiger partial charge in [0, 0.05) is 0 Å². The molecule has 0 aliphatic heterocycles. The summed E-state index contributed by atoms with van der Waals surface area (Å²) < 4.78 is 9.87. The van der Waals surface area contributed by atoms with Crippen LogP contribution in [-0.4, -0.2) is 30.3 Å². The third kappa shape index (κ3) is 3.21. The minimum Gasteiger partial charge on any atom is -0.496 e. The molecule has 0 aromatic heterocycles. The Bertz CT molecular complexity index is 413. The summed E-state index contributed by atoms with van der Waals surface area (Å²) in [5.74, 6) is -1.50. The van der Waals surface area contributed by atoms with E-state index in [1.165, 1.54) is 13.2 Å². The second kappa shape index (κ2) is 5.89. The Morgan fingerprint density at radius 3 is 2.53 bits per heavy atom. The molecule has 0 aliphatic rings. The molecule has 0 saturated carbocycles. The van der Waals surface area contributed by atoms with Crippen LogP contribution in [0.15, 0.2) is 24.3 Å². The van der Waals surface area contributed by atoms with Crippen LogP contribution >= 0.6 is 0 Å².